The summed E-state index contributed by atoms with van der Waals surface area (Å²) in [7, 11) is -3.42. The zero-order valence-electron chi connectivity index (χ0n) is 13.0. The zero-order valence-corrected chi connectivity index (χ0v) is 13.9. The standard InChI is InChI=1S/C16H17NO6S/c1-24(20,21)23-10-9-13-5-7-16(8-6-13)22-12-14-3-2-4-15(11-14)17(18)19/h2-8,11H,9-10,12H2,1H3. The molecule has 2 rings (SSSR count). The quantitative estimate of drug-likeness (QED) is 0.412. The van der Waals surface area contributed by atoms with Gasteiger partial charge < -0.3 is 4.74 Å². The Hall–Kier alpha value is -2.45. The van der Waals surface area contributed by atoms with E-state index in [0.29, 0.717) is 17.7 Å². The molecule has 0 aromatic heterocycles. The van der Waals surface area contributed by atoms with Crippen LogP contribution in [0.25, 0.3) is 0 Å². The molecule has 0 atom stereocenters. The summed E-state index contributed by atoms with van der Waals surface area (Å²) in [5.41, 5.74) is 1.65. The van der Waals surface area contributed by atoms with Crippen molar-refractivity contribution in [2.45, 2.75) is 13.0 Å². The molecule has 0 bridgehead atoms. The molecular formula is C16H17NO6S. The van der Waals surface area contributed by atoms with E-state index in [1.165, 1.54) is 12.1 Å². The van der Waals surface area contributed by atoms with Crippen LogP contribution in [0.1, 0.15) is 11.1 Å². The van der Waals surface area contributed by atoms with Gasteiger partial charge in [0.1, 0.15) is 12.4 Å². The molecule has 2 aromatic carbocycles. The normalized spacial score (nSPS) is 11.2. The number of hydrogen-bond acceptors (Lipinski definition) is 6. The van der Waals surface area contributed by atoms with E-state index in [1.54, 1.807) is 24.3 Å². The van der Waals surface area contributed by atoms with Crippen LogP contribution in [0.5, 0.6) is 5.75 Å². The van der Waals surface area contributed by atoms with Crippen LogP contribution in [0.15, 0.2) is 48.5 Å². The minimum Gasteiger partial charge on any atom is -0.489 e. The maximum Gasteiger partial charge on any atom is 0.269 e. The maximum atomic E-state index is 10.9. The van der Waals surface area contributed by atoms with Crippen LogP contribution in [0.2, 0.25) is 0 Å². The SMILES string of the molecule is CS(=O)(=O)OCCc1ccc(OCc2cccc([N+](=O)[O-])c2)cc1. The molecule has 0 saturated heterocycles. The molecule has 8 heteroatoms. The predicted molar refractivity (Wildman–Crippen MR) is 88.4 cm³/mol. The fraction of sp³-hybridized carbons (Fsp3) is 0.250. The molecule has 0 aliphatic carbocycles. The van der Waals surface area contributed by atoms with Gasteiger partial charge in [0.15, 0.2) is 0 Å². The first-order valence-corrected chi connectivity index (χ1v) is 8.94. The highest BCUT2D eigenvalue weighted by Gasteiger charge is 2.06. The number of nitro benzene ring substituents is 1. The van der Waals surface area contributed by atoms with Crippen LogP contribution in [0.4, 0.5) is 5.69 Å². The van der Waals surface area contributed by atoms with Gasteiger partial charge in [0.05, 0.1) is 17.8 Å². The molecule has 0 spiro atoms. The van der Waals surface area contributed by atoms with Crippen LogP contribution in [-0.2, 0) is 27.3 Å². The zero-order chi connectivity index (χ0) is 17.6. The second-order valence-corrected chi connectivity index (χ2v) is 6.78. The van der Waals surface area contributed by atoms with Crippen molar-refractivity contribution in [1.82, 2.24) is 0 Å². The van der Waals surface area contributed by atoms with E-state index >= 15 is 0 Å². The van der Waals surface area contributed by atoms with Gasteiger partial charge in [-0.05, 0) is 29.7 Å². The Bertz CT molecular complexity index is 802. The number of nitro groups is 1. The Morgan fingerprint density at radius 2 is 1.79 bits per heavy atom. The highest BCUT2D eigenvalue weighted by molar-refractivity contribution is 7.85. The first kappa shape index (κ1) is 17.9. The van der Waals surface area contributed by atoms with Gasteiger partial charge in [-0.15, -0.1) is 0 Å². The molecule has 0 amide bonds. The Morgan fingerprint density at radius 1 is 1.08 bits per heavy atom. The maximum absolute atomic E-state index is 10.9. The van der Waals surface area contributed by atoms with E-state index in [2.05, 4.69) is 4.18 Å². The number of ether oxygens (including phenoxy) is 1. The largest absolute Gasteiger partial charge is 0.489 e. The van der Waals surface area contributed by atoms with Crippen molar-refractivity contribution < 1.29 is 22.3 Å². The molecule has 7 nitrogen and oxygen atoms in total. The molecule has 0 saturated carbocycles. The van der Waals surface area contributed by atoms with Gasteiger partial charge in [0, 0.05) is 12.1 Å². The Labute approximate surface area is 140 Å². The summed E-state index contributed by atoms with van der Waals surface area (Å²) >= 11 is 0. The third-order valence-electron chi connectivity index (χ3n) is 3.14. The summed E-state index contributed by atoms with van der Waals surface area (Å²) in [6, 6.07) is 13.4. The average Bonchev–Trinajstić information content (AvgIpc) is 2.53. The van der Waals surface area contributed by atoms with Crippen molar-refractivity contribution >= 4 is 15.8 Å². The van der Waals surface area contributed by atoms with Crippen LogP contribution in [0.3, 0.4) is 0 Å². The smallest absolute Gasteiger partial charge is 0.269 e. The van der Waals surface area contributed by atoms with E-state index in [4.69, 9.17) is 4.74 Å². The van der Waals surface area contributed by atoms with E-state index in [1.807, 2.05) is 12.1 Å². The third kappa shape index (κ3) is 5.98. The summed E-state index contributed by atoms with van der Waals surface area (Å²) in [5, 5.41) is 10.7. The van der Waals surface area contributed by atoms with Crippen molar-refractivity contribution in [2.75, 3.05) is 12.9 Å². The third-order valence-corrected chi connectivity index (χ3v) is 3.73. The van der Waals surface area contributed by atoms with Crippen molar-refractivity contribution in [1.29, 1.82) is 0 Å². The monoisotopic (exact) mass is 351 g/mol. The van der Waals surface area contributed by atoms with E-state index in [-0.39, 0.29) is 18.9 Å². The first-order chi connectivity index (χ1) is 11.3. The van der Waals surface area contributed by atoms with Gasteiger partial charge in [-0.25, -0.2) is 0 Å². The minimum absolute atomic E-state index is 0.0253. The molecule has 0 unspecified atom stereocenters. The lowest BCUT2D eigenvalue weighted by molar-refractivity contribution is -0.384. The fourth-order valence-corrected chi connectivity index (χ4v) is 2.38. The Morgan fingerprint density at radius 3 is 2.42 bits per heavy atom. The number of non-ortho nitro benzene ring substituents is 1. The van der Waals surface area contributed by atoms with Gasteiger partial charge in [-0.1, -0.05) is 24.3 Å². The summed E-state index contributed by atoms with van der Waals surface area (Å²) in [6.07, 6.45) is 1.48. The van der Waals surface area contributed by atoms with Gasteiger partial charge in [-0.2, -0.15) is 8.42 Å². The predicted octanol–water partition coefficient (Wildman–Crippen LogP) is 2.69. The van der Waals surface area contributed by atoms with Gasteiger partial charge in [-0.3, -0.25) is 14.3 Å². The fourth-order valence-electron chi connectivity index (χ4n) is 1.99. The summed E-state index contributed by atoms with van der Waals surface area (Å²) in [5.74, 6) is 0.620. The van der Waals surface area contributed by atoms with Crippen molar-refractivity contribution in [3.05, 3.63) is 69.8 Å². The minimum atomic E-state index is -3.42. The van der Waals surface area contributed by atoms with Crippen molar-refractivity contribution in [3.63, 3.8) is 0 Å². The van der Waals surface area contributed by atoms with Crippen LogP contribution in [-0.4, -0.2) is 26.2 Å². The van der Waals surface area contributed by atoms with Crippen LogP contribution < -0.4 is 4.74 Å². The topological polar surface area (TPSA) is 95.7 Å². The molecular weight excluding hydrogens is 334 g/mol. The molecule has 24 heavy (non-hydrogen) atoms. The molecule has 128 valence electrons. The van der Waals surface area contributed by atoms with E-state index in [9.17, 15) is 18.5 Å². The summed E-state index contributed by atoms with van der Waals surface area (Å²) < 4.78 is 32.0. The van der Waals surface area contributed by atoms with Gasteiger partial charge in [0.25, 0.3) is 15.8 Å². The van der Waals surface area contributed by atoms with Crippen LogP contribution in [0, 0.1) is 10.1 Å². The van der Waals surface area contributed by atoms with Gasteiger partial charge >= 0.3 is 0 Å². The molecule has 2 aromatic rings. The average molecular weight is 351 g/mol. The number of hydrogen-bond donors (Lipinski definition) is 0. The van der Waals surface area contributed by atoms with Crippen LogP contribution >= 0.6 is 0 Å². The van der Waals surface area contributed by atoms with E-state index in [0.717, 1.165) is 11.8 Å². The molecule has 0 aliphatic rings. The van der Waals surface area contributed by atoms with Crippen molar-refractivity contribution in [3.8, 4) is 5.75 Å². The second kappa shape index (κ2) is 7.89. The highest BCUT2D eigenvalue weighted by atomic mass is 32.2. The number of rotatable bonds is 8. The summed E-state index contributed by atoms with van der Waals surface area (Å²) in [6.45, 7) is 0.310. The highest BCUT2D eigenvalue weighted by Crippen LogP contribution is 2.17. The lowest BCUT2D eigenvalue weighted by Crippen LogP contribution is -2.06. The molecule has 0 radical (unpaired) electrons. The molecule has 0 heterocycles. The molecule has 0 N–H and O–H groups in total. The second-order valence-electron chi connectivity index (χ2n) is 5.14. The Kier molecular flexibility index (Phi) is 5.88. The van der Waals surface area contributed by atoms with Crippen molar-refractivity contribution in [2.24, 2.45) is 0 Å². The molecule has 0 fully saturated rings. The number of benzene rings is 2. The molecule has 0 aliphatic heterocycles. The first-order valence-electron chi connectivity index (χ1n) is 7.13. The lowest BCUT2D eigenvalue weighted by Gasteiger charge is -2.07. The summed E-state index contributed by atoms with van der Waals surface area (Å²) in [4.78, 5) is 10.3. The Balaban J connectivity index is 1.88. The lowest BCUT2D eigenvalue weighted by atomic mass is 10.1. The number of nitrogens with zero attached hydrogens (tertiary/aromatic N) is 1. The van der Waals surface area contributed by atoms with E-state index < -0.39 is 15.0 Å². The van der Waals surface area contributed by atoms with Gasteiger partial charge in [0.2, 0.25) is 0 Å².